The number of phenols is 1. The first-order valence-corrected chi connectivity index (χ1v) is 10.6. The van der Waals surface area contributed by atoms with Crippen LogP contribution in [0.1, 0.15) is 0 Å². The molecule has 3 aromatic heterocycles. The molecule has 0 unspecified atom stereocenters. The van der Waals surface area contributed by atoms with E-state index < -0.39 is 11.6 Å². The molecule has 0 saturated carbocycles. The number of phenolic OH excluding ortho intramolecular Hbond substituents is 1. The second kappa shape index (κ2) is 8.36. The lowest BCUT2D eigenvalue weighted by molar-refractivity contribution is -0.114. The fourth-order valence-corrected chi connectivity index (χ4v) is 4.13. The number of halogens is 1. The lowest BCUT2D eigenvalue weighted by Crippen LogP contribution is -2.32. The summed E-state index contributed by atoms with van der Waals surface area (Å²) in [6.45, 7) is 4.39. The van der Waals surface area contributed by atoms with Crippen LogP contribution in [-0.4, -0.2) is 36.7 Å². The lowest BCUT2D eigenvalue weighted by Gasteiger charge is -2.21. The van der Waals surface area contributed by atoms with Gasteiger partial charge < -0.3 is 24.9 Å². The molecule has 5 rings (SSSR count). The van der Waals surface area contributed by atoms with Gasteiger partial charge in [0.05, 0.1) is 16.6 Å². The maximum Gasteiger partial charge on any atom is 0.250 e. The van der Waals surface area contributed by atoms with Gasteiger partial charge in [-0.3, -0.25) is 4.79 Å². The summed E-state index contributed by atoms with van der Waals surface area (Å²) in [5, 5.41) is 11.0. The number of carbonyl (C=O) groups excluding carboxylic acids is 1. The molecule has 170 valence electrons. The van der Waals surface area contributed by atoms with Gasteiger partial charge in [-0.15, -0.1) is 0 Å². The van der Waals surface area contributed by atoms with Crippen LogP contribution in [0.4, 0.5) is 15.9 Å². The highest BCUT2D eigenvalue weighted by atomic mass is 19.1. The van der Waals surface area contributed by atoms with E-state index in [1.807, 2.05) is 41.1 Å². The van der Waals surface area contributed by atoms with E-state index in [0.717, 1.165) is 5.69 Å². The summed E-state index contributed by atoms with van der Waals surface area (Å²) in [5.41, 5.74) is 8.78. The summed E-state index contributed by atoms with van der Waals surface area (Å²) < 4.78 is 17.8. The number of para-hydroxylation sites is 1. The van der Waals surface area contributed by atoms with Crippen LogP contribution in [0.3, 0.4) is 0 Å². The number of nitrogens with zero attached hydrogens (tertiary/aromatic N) is 5. The summed E-state index contributed by atoms with van der Waals surface area (Å²) in [6.07, 6.45) is 6.28. The molecule has 0 radical (unpaired) electrons. The van der Waals surface area contributed by atoms with Crippen LogP contribution in [0.2, 0.25) is 0 Å². The molecule has 1 amide bonds. The van der Waals surface area contributed by atoms with Gasteiger partial charge in [-0.25, -0.2) is 14.4 Å². The van der Waals surface area contributed by atoms with Crippen LogP contribution >= 0.6 is 0 Å². The highest BCUT2D eigenvalue weighted by molar-refractivity contribution is 6.01. The fraction of sp³-hybridized carbons (Fsp3) is 0.0800. The van der Waals surface area contributed by atoms with Gasteiger partial charge in [0.25, 0.3) is 0 Å². The van der Waals surface area contributed by atoms with E-state index in [0.29, 0.717) is 40.7 Å². The molecule has 34 heavy (non-hydrogen) atoms. The van der Waals surface area contributed by atoms with Crippen molar-refractivity contribution in [3.05, 3.63) is 85.7 Å². The van der Waals surface area contributed by atoms with Crippen LogP contribution in [0, 0.1) is 5.82 Å². The Balaban J connectivity index is 1.59. The summed E-state index contributed by atoms with van der Waals surface area (Å²) >= 11 is 0. The van der Waals surface area contributed by atoms with Gasteiger partial charge in [-0.2, -0.15) is 0 Å². The SMILES string of the molecule is C=CC(=O)N(CCn1cc(-n2ccc3cc(O)c(F)cc32)c2c(N)ncnc21)c1ccccc1. The third kappa shape index (κ3) is 3.53. The van der Waals surface area contributed by atoms with Crippen molar-refractivity contribution in [3.8, 4) is 11.4 Å². The minimum Gasteiger partial charge on any atom is -0.505 e. The molecule has 0 atom stereocenters. The Morgan fingerprint density at radius 1 is 1.21 bits per heavy atom. The van der Waals surface area contributed by atoms with Gasteiger partial charge >= 0.3 is 0 Å². The van der Waals surface area contributed by atoms with Crippen molar-refractivity contribution in [3.63, 3.8) is 0 Å². The normalized spacial score (nSPS) is 11.2. The van der Waals surface area contributed by atoms with E-state index in [9.17, 15) is 14.3 Å². The number of nitrogen functional groups attached to an aromatic ring is 1. The minimum absolute atomic E-state index is 0.219. The molecule has 0 aliphatic carbocycles. The van der Waals surface area contributed by atoms with E-state index in [1.165, 1.54) is 24.5 Å². The Hall–Kier alpha value is -4.66. The number of amides is 1. The van der Waals surface area contributed by atoms with Gasteiger partial charge in [0.1, 0.15) is 17.8 Å². The van der Waals surface area contributed by atoms with Gasteiger partial charge in [0, 0.05) is 42.6 Å². The first-order chi connectivity index (χ1) is 16.5. The molecule has 0 spiro atoms. The third-order valence-electron chi connectivity index (χ3n) is 5.75. The molecular formula is C25H21FN6O2. The molecule has 0 saturated heterocycles. The molecule has 2 aromatic carbocycles. The van der Waals surface area contributed by atoms with Crippen molar-refractivity contribution >= 4 is 39.3 Å². The van der Waals surface area contributed by atoms with Crippen molar-refractivity contribution in [2.45, 2.75) is 6.54 Å². The predicted molar refractivity (Wildman–Crippen MR) is 129 cm³/mol. The van der Waals surface area contributed by atoms with E-state index in [4.69, 9.17) is 5.73 Å². The van der Waals surface area contributed by atoms with Crippen molar-refractivity contribution in [1.82, 2.24) is 19.1 Å². The Labute approximate surface area is 194 Å². The van der Waals surface area contributed by atoms with Crippen molar-refractivity contribution in [2.24, 2.45) is 0 Å². The number of aromatic nitrogens is 4. The molecule has 9 heteroatoms. The number of carbonyl (C=O) groups is 1. The molecule has 3 N–H and O–H groups in total. The van der Waals surface area contributed by atoms with E-state index in [2.05, 4.69) is 16.5 Å². The number of nitrogens with two attached hydrogens (primary N) is 1. The van der Waals surface area contributed by atoms with E-state index in [-0.39, 0.29) is 11.7 Å². The molecule has 5 aromatic rings. The number of anilines is 2. The molecule has 3 heterocycles. The number of benzene rings is 2. The van der Waals surface area contributed by atoms with Crippen LogP contribution in [0.15, 0.2) is 79.9 Å². The highest BCUT2D eigenvalue weighted by Crippen LogP contribution is 2.32. The van der Waals surface area contributed by atoms with Crippen LogP contribution in [0.5, 0.6) is 5.75 Å². The average molecular weight is 456 g/mol. The zero-order chi connectivity index (χ0) is 23.8. The van der Waals surface area contributed by atoms with Gasteiger partial charge in [-0.1, -0.05) is 24.8 Å². The highest BCUT2D eigenvalue weighted by Gasteiger charge is 2.19. The standard InChI is InChI=1S/C25H21FN6O2/c1-2-22(34)31(17-6-4-3-5-7-17)11-10-30-14-20(23-24(27)28-15-29-25(23)30)32-9-8-16-12-21(33)18(26)13-19(16)32/h2-9,12-15,33H,1,10-11H2,(H2,27,28,29). The van der Waals surface area contributed by atoms with Crippen LogP contribution in [-0.2, 0) is 11.3 Å². The molecule has 0 fully saturated rings. The Morgan fingerprint density at radius 3 is 2.76 bits per heavy atom. The van der Waals surface area contributed by atoms with Crippen LogP contribution in [0.25, 0.3) is 27.6 Å². The van der Waals surface area contributed by atoms with Crippen LogP contribution < -0.4 is 10.6 Å². The second-order valence-corrected chi connectivity index (χ2v) is 7.74. The van der Waals surface area contributed by atoms with E-state index in [1.54, 1.807) is 21.7 Å². The first kappa shape index (κ1) is 21.2. The Bertz CT molecular complexity index is 1540. The summed E-state index contributed by atoms with van der Waals surface area (Å²) in [7, 11) is 0. The van der Waals surface area contributed by atoms with Crippen molar-refractivity contribution < 1.29 is 14.3 Å². The Morgan fingerprint density at radius 2 is 2.00 bits per heavy atom. The zero-order valence-corrected chi connectivity index (χ0v) is 18.1. The zero-order valence-electron chi connectivity index (χ0n) is 18.1. The predicted octanol–water partition coefficient (Wildman–Crippen LogP) is 4.02. The molecule has 8 nitrogen and oxygen atoms in total. The minimum atomic E-state index is -0.721. The largest absolute Gasteiger partial charge is 0.505 e. The lowest BCUT2D eigenvalue weighted by atomic mass is 10.2. The fourth-order valence-electron chi connectivity index (χ4n) is 4.13. The summed E-state index contributed by atoms with van der Waals surface area (Å²) in [6, 6.07) is 13.8. The maximum atomic E-state index is 14.1. The number of fused-ring (bicyclic) bond motifs is 2. The summed E-state index contributed by atoms with van der Waals surface area (Å²) in [5.74, 6) is -1.07. The molecular weight excluding hydrogens is 435 g/mol. The van der Waals surface area contributed by atoms with E-state index >= 15 is 0 Å². The van der Waals surface area contributed by atoms with Crippen molar-refractivity contribution in [2.75, 3.05) is 17.2 Å². The summed E-state index contributed by atoms with van der Waals surface area (Å²) in [4.78, 5) is 22.7. The average Bonchev–Trinajstić information content (AvgIpc) is 3.41. The van der Waals surface area contributed by atoms with Gasteiger partial charge in [0.15, 0.2) is 11.6 Å². The number of hydrogen-bond donors (Lipinski definition) is 2. The Kier molecular flexibility index (Phi) is 5.21. The molecule has 0 bridgehead atoms. The monoisotopic (exact) mass is 456 g/mol. The van der Waals surface area contributed by atoms with Gasteiger partial charge in [0.2, 0.25) is 5.91 Å². The van der Waals surface area contributed by atoms with Gasteiger partial charge in [-0.05, 0) is 30.3 Å². The molecule has 0 aliphatic heterocycles. The topological polar surface area (TPSA) is 102 Å². The maximum absolute atomic E-state index is 14.1. The number of rotatable bonds is 6. The quantitative estimate of drug-likeness (QED) is 0.376. The first-order valence-electron chi connectivity index (χ1n) is 10.6. The molecule has 0 aliphatic rings. The number of hydrogen-bond acceptors (Lipinski definition) is 5. The number of aromatic hydroxyl groups is 1. The van der Waals surface area contributed by atoms with Crippen molar-refractivity contribution in [1.29, 1.82) is 0 Å². The third-order valence-corrected chi connectivity index (χ3v) is 5.75. The second-order valence-electron chi connectivity index (χ2n) is 7.74. The smallest absolute Gasteiger partial charge is 0.250 e.